The minimum Gasteiger partial charge on any atom is -0.493 e. The second kappa shape index (κ2) is 10.6. The molecule has 1 aromatic heterocycles. The summed E-state index contributed by atoms with van der Waals surface area (Å²) in [5.41, 5.74) is 1.86. The van der Waals surface area contributed by atoms with Crippen molar-refractivity contribution in [3.8, 4) is 23.0 Å². The molecule has 33 heavy (non-hydrogen) atoms. The van der Waals surface area contributed by atoms with Crippen molar-refractivity contribution in [1.82, 2.24) is 20.0 Å². The van der Waals surface area contributed by atoms with Crippen LogP contribution in [0.2, 0.25) is 0 Å². The van der Waals surface area contributed by atoms with E-state index in [2.05, 4.69) is 15.3 Å². The van der Waals surface area contributed by atoms with E-state index in [1.54, 1.807) is 25.0 Å². The first-order valence-electron chi connectivity index (χ1n) is 10.9. The van der Waals surface area contributed by atoms with E-state index in [1.807, 2.05) is 42.5 Å². The zero-order chi connectivity index (χ0) is 23.2. The van der Waals surface area contributed by atoms with Crippen LogP contribution in [-0.4, -0.2) is 47.9 Å². The standard InChI is InChI=1S/C24H28N4O4S/c1-30-20-9-8-19(14-21(20)31-2)23-26-28(24(33)32-23)16-27-12-10-18(11-13-27)22(29)25-15-17-6-4-3-5-7-17/h3-9,14,18H,10-13,15-16H2,1-2H3,(H,25,29). The molecule has 1 aliphatic rings. The lowest BCUT2D eigenvalue weighted by Crippen LogP contribution is -2.41. The third kappa shape index (κ3) is 5.61. The molecule has 0 aliphatic carbocycles. The van der Waals surface area contributed by atoms with E-state index in [9.17, 15) is 4.79 Å². The van der Waals surface area contributed by atoms with E-state index < -0.39 is 0 Å². The second-order valence-corrected chi connectivity index (χ2v) is 8.33. The maximum Gasteiger partial charge on any atom is 0.288 e. The molecule has 0 atom stereocenters. The fraction of sp³-hybridized carbons (Fsp3) is 0.375. The number of carbonyl (C=O) groups excluding carboxylic acids is 1. The van der Waals surface area contributed by atoms with Crippen molar-refractivity contribution in [2.75, 3.05) is 27.3 Å². The van der Waals surface area contributed by atoms with Crippen molar-refractivity contribution in [2.24, 2.45) is 5.92 Å². The number of carbonyl (C=O) groups is 1. The molecule has 1 saturated heterocycles. The molecule has 1 N–H and O–H groups in total. The average molecular weight is 469 g/mol. The zero-order valence-electron chi connectivity index (χ0n) is 18.8. The third-order valence-corrected chi connectivity index (χ3v) is 6.13. The van der Waals surface area contributed by atoms with Crippen LogP contribution in [0.1, 0.15) is 18.4 Å². The maximum absolute atomic E-state index is 12.6. The Balaban J connectivity index is 1.32. The molecule has 3 aromatic rings. The van der Waals surface area contributed by atoms with Crippen LogP contribution in [-0.2, 0) is 18.0 Å². The Morgan fingerprint density at radius 1 is 1.12 bits per heavy atom. The number of benzene rings is 2. The van der Waals surface area contributed by atoms with Gasteiger partial charge in [0.25, 0.3) is 4.84 Å². The molecule has 1 fully saturated rings. The highest BCUT2D eigenvalue weighted by Crippen LogP contribution is 2.31. The van der Waals surface area contributed by atoms with Gasteiger partial charge in [0, 0.05) is 31.1 Å². The first kappa shape index (κ1) is 23.0. The van der Waals surface area contributed by atoms with Crippen molar-refractivity contribution < 1.29 is 18.7 Å². The lowest BCUT2D eigenvalue weighted by molar-refractivity contribution is -0.126. The number of hydrogen-bond acceptors (Lipinski definition) is 7. The molecule has 1 amide bonds. The zero-order valence-corrected chi connectivity index (χ0v) is 19.6. The van der Waals surface area contributed by atoms with Gasteiger partial charge in [0.05, 0.1) is 20.9 Å². The number of nitrogens with one attached hydrogen (secondary N) is 1. The van der Waals surface area contributed by atoms with E-state index in [4.69, 9.17) is 26.1 Å². The summed E-state index contributed by atoms with van der Waals surface area (Å²) in [6, 6.07) is 15.4. The predicted molar refractivity (Wildman–Crippen MR) is 126 cm³/mol. The Morgan fingerprint density at radius 3 is 2.55 bits per heavy atom. The van der Waals surface area contributed by atoms with Crippen LogP contribution in [0.4, 0.5) is 0 Å². The second-order valence-electron chi connectivity index (χ2n) is 7.98. The molecule has 0 bridgehead atoms. The van der Waals surface area contributed by atoms with Crippen molar-refractivity contribution >= 4 is 18.1 Å². The molecular formula is C24H28N4O4S. The van der Waals surface area contributed by atoms with Crippen LogP contribution >= 0.6 is 12.2 Å². The Labute approximate surface area is 198 Å². The number of rotatable bonds is 8. The van der Waals surface area contributed by atoms with E-state index in [-0.39, 0.29) is 11.8 Å². The number of methoxy groups -OCH3 is 2. The van der Waals surface area contributed by atoms with Crippen LogP contribution in [0.5, 0.6) is 11.5 Å². The number of piperidine rings is 1. The molecule has 174 valence electrons. The number of ether oxygens (including phenoxy) is 2. The summed E-state index contributed by atoms with van der Waals surface area (Å²) >= 11 is 5.38. The first-order valence-corrected chi connectivity index (χ1v) is 11.3. The van der Waals surface area contributed by atoms with Crippen LogP contribution in [0.25, 0.3) is 11.5 Å². The van der Waals surface area contributed by atoms with Gasteiger partial charge in [-0.15, -0.1) is 5.10 Å². The summed E-state index contributed by atoms with van der Waals surface area (Å²) in [6.07, 6.45) is 1.60. The molecule has 4 rings (SSSR count). The van der Waals surface area contributed by atoms with Crippen LogP contribution in [0.3, 0.4) is 0 Å². The number of likely N-dealkylation sites (tertiary alicyclic amines) is 1. The Bertz CT molecular complexity index is 1140. The quantitative estimate of drug-likeness (QED) is 0.503. The van der Waals surface area contributed by atoms with E-state index >= 15 is 0 Å². The van der Waals surface area contributed by atoms with Crippen molar-refractivity contribution in [1.29, 1.82) is 0 Å². The average Bonchev–Trinajstić information content (AvgIpc) is 3.23. The number of hydrogen-bond donors (Lipinski definition) is 1. The Hall–Kier alpha value is -3.17. The van der Waals surface area contributed by atoms with Crippen molar-refractivity contribution in [3.63, 3.8) is 0 Å². The Morgan fingerprint density at radius 2 is 1.85 bits per heavy atom. The molecule has 9 heteroatoms. The highest BCUT2D eigenvalue weighted by molar-refractivity contribution is 7.71. The molecule has 0 radical (unpaired) electrons. The van der Waals surface area contributed by atoms with E-state index in [1.165, 1.54) is 0 Å². The highest BCUT2D eigenvalue weighted by Gasteiger charge is 2.25. The van der Waals surface area contributed by atoms with Gasteiger partial charge in [0.2, 0.25) is 11.8 Å². The van der Waals surface area contributed by atoms with Gasteiger partial charge in [-0.3, -0.25) is 9.69 Å². The van der Waals surface area contributed by atoms with E-state index in [0.717, 1.165) is 37.1 Å². The van der Waals surface area contributed by atoms with Gasteiger partial charge in [-0.2, -0.15) is 0 Å². The minimum atomic E-state index is 0.0255. The smallest absolute Gasteiger partial charge is 0.288 e. The summed E-state index contributed by atoms with van der Waals surface area (Å²) in [5.74, 6) is 1.80. The van der Waals surface area contributed by atoms with Gasteiger partial charge in [0.15, 0.2) is 11.5 Å². The molecule has 8 nitrogen and oxygen atoms in total. The van der Waals surface area contributed by atoms with Gasteiger partial charge in [-0.25, -0.2) is 4.68 Å². The molecule has 0 saturated carbocycles. The fourth-order valence-electron chi connectivity index (χ4n) is 3.94. The molecular weight excluding hydrogens is 440 g/mol. The largest absolute Gasteiger partial charge is 0.493 e. The predicted octanol–water partition coefficient (Wildman–Crippen LogP) is 3.88. The third-order valence-electron chi connectivity index (χ3n) is 5.84. The molecule has 2 aromatic carbocycles. The summed E-state index contributed by atoms with van der Waals surface area (Å²) in [4.78, 5) is 15.1. The fourth-order valence-corrected chi connectivity index (χ4v) is 4.11. The highest BCUT2D eigenvalue weighted by atomic mass is 32.1. The minimum absolute atomic E-state index is 0.0255. The number of nitrogens with zero attached hydrogens (tertiary/aromatic N) is 3. The normalized spacial score (nSPS) is 14.7. The SMILES string of the molecule is COc1ccc(-c2nn(CN3CCC(C(=O)NCc4ccccc4)CC3)c(=S)o2)cc1OC. The topological polar surface area (TPSA) is 81.8 Å². The number of aromatic nitrogens is 2. The van der Waals surface area contributed by atoms with Gasteiger partial charge in [-0.1, -0.05) is 30.3 Å². The first-order chi connectivity index (χ1) is 16.1. The van der Waals surface area contributed by atoms with E-state index in [0.29, 0.717) is 35.4 Å². The maximum atomic E-state index is 12.6. The molecule has 0 unspecified atom stereocenters. The van der Waals surface area contributed by atoms with Crippen molar-refractivity contribution in [3.05, 3.63) is 58.9 Å². The van der Waals surface area contributed by atoms with Crippen molar-refractivity contribution in [2.45, 2.75) is 26.1 Å². The lowest BCUT2D eigenvalue weighted by Gasteiger charge is -2.30. The summed E-state index contributed by atoms with van der Waals surface area (Å²) in [7, 11) is 3.18. The Kier molecular flexibility index (Phi) is 7.41. The monoisotopic (exact) mass is 468 g/mol. The lowest BCUT2D eigenvalue weighted by atomic mass is 9.96. The van der Waals surface area contributed by atoms with Gasteiger partial charge in [-0.05, 0) is 48.8 Å². The van der Waals surface area contributed by atoms with Crippen LogP contribution in [0.15, 0.2) is 52.9 Å². The van der Waals surface area contributed by atoms with Gasteiger partial charge in [0.1, 0.15) is 0 Å². The summed E-state index contributed by atoms with van der Waals surface area (Å²) < 4.78 is 18.0. The van der Waals surface area contributed by atoms with Gasteiger partial charge < -0.3 is 19.2 Å². The molecule has 0 spiro atoms. The number of amides is 1. The van der Waals surface area contributed by atoms with Gasteiger partial charge >= 0.3 is 0 Å². The summed E-state index contributed by atoms with van der Waals surface area (Å²) in [5, 5.41) is 7.61. The molecule has 1 aliphatic heterocycles. The van der Waals surface area contributed by atoms with Crippen LogP contribution < -0.4 is 14.8 Å². The summed E-state index contributed by atoms with van der Waals surface area (Å²) in [6.45, 7) is 2.67. The molecule has 2 heterocycles. The van der Waals surface area contributed by atoms with Crippen LogP contribution in [0, 0.1) is 10.8 Å².